The normalized spacial score (nSPS) is 19.6. The number of hydrogen-bond donors (Lipinski definition) is 2. The van der Waals surface area contributed by atoms with E-state index in [4.69, 9.17) is 9.84 Å². The summed E-state index contributed by atoms with van der Waals surface area (Å²) in [5.41, 5.74) is 1.19. The number of ether oxygens (including phenoxy) is 1. The van der Waals surface area contributed by atoms with Crippen LogP contribution in [-0.2, 0) is 14.3 Å². The number of anilines is 1. The summed E-state index contributed by atoms with van der Waals surface area (Å²) in [5.74, 6) is -2.54. The molecule has 2 aromatic carbocycles. The molecule has 0 bridgehead atoms. The van der Waals surface area contributed by atoms with E-state index in [2.05, 4.69) is 5.32 Å². The van der Waals surface area contributed by atoms with Crippen LogP contribution in [0.1, 0.15) is 28.4 Å². The lowest BCUT2D eigenvalue weighted by Crippen LogP contribution is -2.25. The summed E-state index contributed by atoms with van der Waals surface area (Å²) in [4.78, 5) is 35.2. The molecule has 1 fully saturated rings. The molecule has 122 valence electrons. The lowest BCUT2D eigenvalue weighted by Gasteiger charge is -2.17. The molecule has 24 heavy (non-hydrogen) atoms. The summed E-state index contributed by atoms with van der Waals surface area (Å²) in [6, 6.07) is 15.0. The third kappa shape index (κ3) is 3.27. The summed E-state index contributed by atoms with van der Waals surface area (Å²) in [6.07, 6.45) is -0.648. The SMILES string of the molecule is O=C1C[C@@H](C(=O)Nc2cccc(C(=O)O)c2)[C@@H](c2ccccc2)O1. The topological polar surface area (TPSA) is 92.7 Å². The van der Waals surface area contributed by atoms with Crippen molar-refractivity contribution < 1.29 is 24.2 Å². The molecule has 1 aliphatic rings. The van der Waals surface area contributed by atoms with Crippen molar-refractivity contribution in [2.45, 2.75) is 12.5 Å². The number of hydrogen-bond acceptors (Lipinski definition) is 4. The molecular formula is C18H15NO5. The summed E-state index contributed by atoms with van der Waals surface area (Å²) in [6.45, 7) is 0. The minimum Gasteiger partial charge on any atom is -0.478 e. The van der Waals surface area contributed by atoms with E-state index < -0.39 is 24.0 Å². The number of amides is 1. The fourth-order valence-corrected chi connectivity index (χ4v) is 2.70. The number of cyclic esters (lactones) is 1. The Morgan fingerprint density at radius 1 is 1.08 bits per heavy atom. The summed E-state index contributed by atoms with van der Waals surface area (Å²) in [7, 11) is 0. The first-order valence-corrected chi connectivity index (χ1v) is 7.43. The lowest BCUT2D eigenvalue weighted by molar-refractivity contribution is -0.141. The molecule has 6 nitrogen and oxygen atoms in total. The Kier molecular flexibility index (Phi) is 4.29. The van der Waals surface area contributed by atoms with Gasteiger partial charge in [-0.05, 0) is 23.8 Å². The highest BCUT2D eigenvalue weighted by molar-refractivity contribution is 5.97. The van der Waals surface area contributed by atoms with Gasteiger partial charge in [0.25, 0.3) is 0 Å². The molecule has 1 aliphatic heterocycles. The van der Waals surface area contributed by atoms with Gasteiger partial charge in [-0.1, -0.05) is 36.4 Å². The lowest BCUT2D eigenvalue weighted by atomic mass is 9.94. The van der Waals surface area contributed by atoms with E-state index in [-0.39, 0.29) is 17.9 Å². The number of carbonyl (C=O) groups is 3. The van der Waals surface area contributed by atoms with Gasteiger partial charge in [0.05, 0.1) is 17.9 Å². The van der Waals surface area contributed by atoms with Crippen molar-refractivity contribution >= 4 is 23.5 Å². The molecule has 1 saturated heterocycles. The van der Waals surface area contributed by atoms with Crippen molar-refractivity contribution in [1.29, 1.82) is 0 Å². The fourth-order valence-electron chi connectivity index (χ4n) is 2.70. The van der Waals surface area contributed by atoms with Crippen LogP contribution in [0.3, 0.4) is 0 Å². The minimum atomic E-state index is -1.08. The zero-order valence-corrected chi connectivity index (χ0v) is 12.6. The van der Waals surface area contributed by atoms with E-state index in [0.29, 0.717) is 5.69 Å². The molecule has 2 aromatic rings. The van der Waals surface area contributed by atoms with Gasteiger partial charge in [-0.15, -0.1) is 0 Å². The van der Waals surface area contributed by atoms with E-state index in [1.54, 1.807) is 24.3 Å². The Morgan fingerprint density at radius 3 is 2.54 bits per heavy atom. The van der Waals surface area contributed by atoms with Gasteiger partial charge in [0.1, 0.15) is 6.10 Å². The molecule has 0 aliphatic carbocycles. The average Bonchev–Trinajstić information content (AvgIpc) is 2.98. The summed E-state index contributed by atoms with van der Waals surface area (Å²) in [5, 5.41) is 11.7. The number of carboxylic acid groups (broad SMARTS) is 1. The van der Waals surface area contributed by atoms with Crippen molar-refractivity contribution in [1.82, 2.24) is 0 Å². The number of rotatable bonds is 4. The van der Waals surface area contributed by atoms with Crippen molar-refractivity contribution in [2.75, 3.05) is 5.32 Å². The summed E-state index contributed by atoms with van der Waals surface area (Å²) < 4.78 is 5.29. The molecule has 1 amide bonds. The molecule has 3 rings (SSSR count). The number of carbonyl (C=O) groups excluding carboxylic acids is 2. The van der Waals surface area contributed by atoms with Gasteiger partial charge in [-0.2, -0.15) is 0 Å². The van der Waals surface area contributed by atoms with Crippen LogP contribution >= 0.6 is 0 Å². The van der Waals surface area contributed by atoms with Crippen molar-refractivity contribution in [3.05, 3.63) is 65.7 Å². The second kappa shape index (κ2) is 6.54. The Hall–Kier alpha value is -3.15. The zero-order chi connectivity index (χ0) is 17.1. The van der Waals surface area contributed by atoms with Crippen LogP contribution in [0, 0.1) is 5.92 Å². The highest BCUT2D eigenvalue weighted by Crippen LogP contribution is 2.36. The van der Waals surface area contributed by atoms with Gasteiger partial charge < -0.3 is 15.2 Å². The van der Waals surface area contributed by atoms with Crippen LogP contribution in [0.4, 0.5) is 5.69 Å². The minimum absolute atomic E-state index is 0.00991. The van der Waals surface area contributed by atoms with Gasteiger partial charge in [-0.3, -0.25) is 9.59 Å². The fraction of sp³-hybridized carbons (Fsp3) is 0.167. The Balaban J connectivity index is 1.79. The maximum absolute atomic E-state index is 12.5. The molecular weight excluding hydrogens is 310 g/mol. The van der Waals surface area contributed by atoms with E-state index in [1.165, 1.54) is 12.1 Å². The number of aromatic carboxylic acids is 1. The van der Waals surface area contributed by atoms with Crippen LogP contribution in [0.2, 0.25) is 0 Å². The van der Waals surface area contributed by atoms with E-state index in [1.807, 2.05) is 18.2 Å². The van der Waals surface area contributed by atoms with E-state index >= 15 is 0 Å². The highest BCUT2D eigenvalue weighted by atomic mass is 16.6. The third-order valence-electron chi connectivity index (χ3n) is 3.85. The number of benzene rings is 2. The number of carboxylic acids is 1. The van der Waals surface area contributed by atoms with Crippen LogP contribution in [0.15, 0.2) is 54.6 Å². The molecule has 0 unspecified atom stereocenters. The first-order valence-electron chi connectivity index (χ1n) is 7.43. The number of esters is 1. The molecule has 0 aromatic heterocycles. The van der Waals surface area contributed by atoms with Gasteiger partial charge in [-0.25, -0.2) is 4.79 Å². The smallest absolute Gasteiger partial charge is 0.335 e. The monoisotopic (exact) mass is 325 g/mol. The predicted octanol–water partition coefficient (Wildman–Crippen LogP) is 2.63. The summed E-state index contributed by atoms with van der Waals surface area (Å²) >= 11 is 0. The number of nitrogens with one attached hydrogen (secondary N) is 1. The van der Waals surface area contributed by atoms with Crippen LogP contribution in [0.25, 0.3) is 0 Å². The first-order chi connectivity index (χ1) is 11.5. The maximum Gasteiger partial charge on any atom is 0.335 e. The Labute approximate surface area is 138 Å². The van der Waals surface area contributed by atoms with Gasteiger partial charge in [0, 0.05) is 5.69 Å². The molecule has 2 atom stereocenters. The van der Waals surface area contributed by atoms with Gasteiger partial charge >= 0.3 is 11.9 Å². The molecule has 6 heteroatoms. The van der Waals surface area contributed by atoms with Crippen LogP contribution in [-0.4, -0.2) is 23.0 Å². The van der Waals surface area contributed by atoms with Gasteiger partial charge in [0.15, 0.2) is 0 Å². The first kappa shape index (κ1) is 15.7. The predicted molar refractivity (Wildman–Crippen MR) is 85.4 cm³/mol. The van der Waals surface area contributed by atoms with Gasteiger partial charge in [0.2, 0.25) is 5.91 Å². The van der Waals surface area contributed by atoms with Crippen LogP contribution < -0.4 is 5.32 Å². The average molecular weight is 325 g/mol. The second-order valence-corrected chi connectivity index (χ2v) is 5.51. The highest BCUT2D eigenvalue weighted by Gasteiger charge is 2.40. The van der Waals surface area contributed by atoms with E-state index in [9.17, 15) is 14.4 Å². The largest absolute Gasteiger partial charge is 0.478 e. The molecule has 0 saturated carbocycles. The standard InChI is InChI=1S/C18H15NO5/c20-15-10-14(16(24-15)11-5-2-1-3-6-11)17(21)19-13-8-4-7-12(9-13)18(22)23/h1-9,14,16H,10H2,(H,19,21)(H,22,23)/t14-,16-/m1/s1. The molecule has 1 heterocycles. The zero-order valence-electron chi connectivity index (χ0n) is 12.6. The molecule has 0 radical (unpaired) electrons. The molecule has 2 N–H and O–H groups in total. The molecule has 0 spiro atoms. The van der Waals surface area contributed by atoms with E-state index in [0.717, 1.165) is 5.56 Å². The quantitative estimate of drug-likeness (QED) is 0.843. The van der Waals surface area contributed by atoms with Crippen molar-refractivity contribution in [2.24, 2.45) is 5.92 Å². The van der Waals surface area contributed by atoms with Crippen LogP contribution in [0.5, 0.6) is 0 Å². The van der Waals surface area contributed by atoms with Crippen molar-refractivity contribution in [3.63, 3.8) is 0 Å². The maximum atomic E-state index is 12.5. The Morgan fingerprint density at radius 2 is 1.83 bits per heavy atom. The second-order valence-electron chi connectivity index (χ2n) is 5.51. The van der Waals surface area contributed by atoms with Crippen molar-refractivity contribution in [3.8, 4) is 0 Å². The third-order valence-corrected chi connectivity index (χ3v) is 3.85. The Bertz CT molecular complexity index is 787.